The van der Waals surface area contributed by atoms with Crippen LogP contribution in [0.15, 0.2) is 36.5 Å². The third kappa shape index (κ3) is 6.21. The molecule has 2 aromatic rings. The van der Waals surface area contributed by atoms with Gasteiger partial charge in [-0.1, -0.05) is 6.07 Å². The van der Waals surface area contributed by atoms with Crippen molar-refractivity contribution in [2.45, 2.75) is 56.7 Å². The molecule has 3 aliphatic heterocycles. The van der Waals surface area contributed by atoms with Crippen LogP contribution in [0.5, 0.6) is 0 Å². The molecule has 38 heavy (non-hydrogen) atoms. The molecule has 1 aromatic heterocycles. The zero-order chi connectivity index (χ0) is 26.6. The second-order valence-corrected chi connectivity index (χ2v) is 10.4. The number of hydrogen-bond acceptors (Lipinski definition) is 6. The molecule has 3 saturated heterocycles. The number of pyridine rings is 1. The molecule has 1 aliphatic carbocycles. The highest BCUT2D eigenvalue weighted by molar-refractivity contribution is 6.00. The lowest BCUT2D eigenvalue weighted by molar-refractivity contribution is 0.0620. The molecule has 0 radical (unpaired) electrons. The van der Waals surface area contributed by atoms with E-state index in [1.54, 1.807) is 24.3 Å². The molecular weight excluding hydrogens is 491 g/mol. The lowest BCUT2D eigenvalue weighted by atomic mass is 9.84. The number of hydrogen-bond donors (Lipinski definition) is 5. The van der Waals surface area contributed by atoms with Crippen molar-refractivity contribution >= 4 is 29.4 Å². The number of piperidine rings is 3. The summed E-state index contributed by atoms with van der Waals surface area (Å²) in [5, 5.41) is 20.5. The molecule has 3 amide bonds. The second-order valence-electron chi connectivity index (χ2n) is 10.4. The number of fused-ring (bicyclic) bond motifs is 3. The molecule has 2 bridgehead atoms. The highest BCUT2D eigenvalue weighted by Crippen LogP contribution is 2.28. The lowest BCUT2D eigenvalue weighted by Crippen LogP contribution is -2.57. The number of nitrogens with zero attached hydrogens (tertiary/aromatic N) is 2. The molecule has 1 aromatic carbocycles. The second kappa shape index (κ2) is 11.3. The average molecular weight is 525 g/mol. The van der Waals surface area contributed by atoms with Crippen LogP contribution >= 0.6 is 0 Å². The Balaban J connectivity index is 1.23. The van der Waals surface area contributed by atoms with Crippen LogP contribution in [0, 0.1) is 11.7 Å². The Hall–Kier alpha value is -3.73. The number of aromatic nitrogens is 1. The van der Waals surface area contributed by atoms with E-state index >= 15 is 0 Å². The normalized spacial score (nSPS) is 26.3. The highest BCUT2D eigenvalue weighted by atomic mass is 19.1. The fourth-order valence-electron chi connectivity index (χ4n) is 5.79. The topological polar surface area (TPSA) is 136 Å². The van der Waals surface area contributed by atoms with Gasteiger partial charge in [-0.15, -0.1) is 0 Å². The maximum atomic E-state index is 14.1. The summed E-state index contributed by atoms with van der Waals surface area (Å²) in [6, 6.07) is 7.93. The van der Waals surface area contributed by atoms with E-state index in [0.29, 0.717) is 42.9 Å². The van der Waals surface area contributed by atoms with Crippen LogP contribution in [0.3, 0.4) is 0 Å². The Morgan fingerprint density at radius 1 is 0.921 bits per heavy atom. The third-order valence-corrected chi connectivity index (χ3v) is 7.85. The zero-order valence-electron chi connectivity index (χ0n) is 21.1. The lowest BCUT2D eigenvalue weighted by Gasteiger charge is -2.44. The number of halogens is 1. The van der Waals surface area contributed by atoms with Crippen LogP contribution in [0.4, 0.5) is 20.7 Å². The van der Waals surface area contributed by atoms with Gasteiger partial charge >= 0.3 is 6.09 Å². The first-order chi connectivity index (χ1) is 18.3. The first-order valence-electron chi connectivity index (χ1n) is 13.2. The summed E-state index contributed by atoms with van der Waals surface area (Å²) in [5.41, 5.74) is 1.10. The van der Waals surface area contributed by atoms with Crippen LogP contribution in [-0.4, -0.2) is 70.7 Å². The van der Waals surface area contributed by atoms with E-state index in [2.05, 4.69) is 31.2 Å². The molecular formula is C27H33FN6O4. The fourth-order valence-corrected chi connectivity index (χ4v) is 5.79. The first kappa shape index (κ1) is 25.9. The maximum absolute atomic E-state index is 14.1. The summed E-state index contributed by atoms with van der Waals surface area (Å²) >= 11 is 0. The predicted molar refractivity (Wildman–Crippen MR) is 139 cm³/mol. The van der Waals surface area contributed by atoms with Gasteiger partial charge < -0.3 is 31.3 Å². The molecule has 202 valence electrons. The smallest absolute Gasteiger partial charge is 0.404 e. The predicted octanol–water partition coefficient (Wildman–Crippen LogP) is 3.10. The van der Waals surface area contributed by atoms with E-state index in [0.717, 1.165) is 44.7 Å². The molecule has 1 saturated carbocycles. The number of carbonyl (C=O) groups excluding carboxylic acids is 2. The van der Waals surface area contributed by atoms with Crippen molar-refractivity contribution in [1.29, 1.82) is 0 Å². The number of nitrogens with one attached hydrogen (secondary N) is 4. The van der Waals surface area contributed by atoms with Gasteiger partial charge in [0.2, 0.25) is 0 Å². The average Bonchev–Trinajstić information content (AvgIpc) is 2.91. The van der Waals surface area contributed by atoms with E-state index in [1.165, 1.54) is 0 Å². The van der Waals surface area contributed by atoms with E-state index in [1.807, 2.05) is 0 Å². The Labute approximate surface area is 220 Å². The van der Waals surface area contributed by atoms with Crippen LogP contribution in [-0.2, 0) is 0 Å². The quantitative estimate of drug-likeness (QED) is 0.376. The minimum absolute atomic E-state index is 0.0536. The van der Waals surface area contributed by atoms with E-state index in [4.69, 9.17) is 5.11 Å². The standard InChI is InChI=1S/C27H33FN6O4/c28-18-13-22(26(36)31-19-4-6-20(7-5-19)32-27(37)38)24(29-14-18)30-21-3-1-2-17(12-21)25(35)33-23-15-34-10-8-16(23)9-11-34/h1-3,12-14,16,19-20,23,32H,4-11,15H2,(H,29,30)(H,31,36)(H,33,35)(H,37,38)/t19-,20+,23?. The zero-order valence-corrected chi connectivity index (χ0v) is 21.1. The fraction of sp³-hybridized carbons (Fsp3) is 0.481. The van der Waals surface area contributed by atoms with Crippen molar-refractivity contribution in [3.63, 3.8) is 0 Å². The Bertz CT molecular complexity index is 1190. The Kier molecular flexibility index (Phi) is 7.73. The molecule has 5 N–H and O–H groups in total. The van der Waals surface area contributed by atoms with E-state index in [9.17, 15) is 18.8 Å². The van der Waals surface area contributed by atoms with Gasteiger partial charge in [-0.25, -0.2) is 14.2 Å². The van der Waals surface area contributed by atoms with Gasteiger partial charge in [-0.3, -0.25) is 9.59 Å². The molecule has 1 atom stereocenters. The summed E-state index contributed by atoms with van der Waals surface area (Å²) in [6.45, 7) is 3.07. The Morgan fingerprint density at radius 3 is 2.29 bits per heavy atom. The molecule has 4 aliphatic rings. The van der Waals surface area contributed by atoms with Crippen LogP contribution in [0.2, 0.25) is 0 Å². The summed E-state index contributed by atoms with van der Waals surface area (Å²) in [5.74, 6) is -0.560. The summed E-state index contributed by atoms with van der Waals surface area (Å²) in [7, 11) is 0. The summed E-state index contributed by atoms with van der Waals surface area (Å²) < 4.78 is 14.1. The molecule has 1 unspecified atom stereocenters. The number of carbonyl (C=O) groups is 3. The van der Waals surface area contributed by atoms with Crippen molar-refractivity contribution < 1.29 is 23.9 Å². The van der Waals surface area contributed by atoms with Gasteiger partial charge in [0, 0.05) is 35.9 Å². The molecule has 10 nitrogen and oxygen atoms in total. The number of rotatable bonds is 7. The molecule has 6 rings (SSSR count). The van der Waals surface area contributed by atoms with Crippen molar-refractivity contribution in [3.8, 4) is 0 Å². The van der Waals surface area contributed by atoms with Crippen molar-refractivity contribution in [2.75, 3.05) is 25.0 Å². The summed E-state index contributed by atoms with van der Waals surface area (Å²) in [4.78, 5) is 43.4. The van der Waals surface area contributed by atoms with Crippen LogP contribution in [0.1, 0.15) is 59.2 Å². The molecule has 4 fully saturated rings. The van der Waals surface area contributed by atoms with Gasteiger partial charge in [0.15, 0.2) is 0 Å². The van der Waals surface area contributed by atoms with Crippen molar-refractivity contribution in [2.24, 2.45) is 5.92 Å². The van der Waals surface area contributed by atoms with Gasteiger partial charge in [-0.05, 0) is 81.8 Å². The number of amides is 3. The maximum Gasteiger partial charge on any atom is 0.404 e. The molecule has 11 heteroatoms. The molecule has 4 heterocycles. The third-order valence-electron chi connectivity index (χ3n) is 7.85. The van der Waals surface area contributed by atoms with Gasteiger partial charge in [-0.2, -0.15) is 0 Å². The van der Waals surface area contributed by atoms with Crippen molar-refractivity contribution in [1.82, 2.24) is 25.8 Å². The number of carboxylic acid groups (broad SMARTS) is 1. The van der Waals surface area contributed by atoms with Gasteiger partial charge in [0.1, 0.15) is 11.6 Å². The SMILES string of the molecule is O=C(O)N[C@H]1CC[C@@H](NC(=O)c2cc(F)cnc2Nc2cccc(C(=O)NC3CN4CCC3CC4)c2)CC1. The summed E-state index contributed by atoms with van der Waals surface area (Å²) in [6.07, 6.45) is 4.63. The van der Waals surface area contributed by atoms with Crippen LogP contribution in [0.25, 0.3) is 0 Å². The minimum Gasteiger partial charge on any atom is -0.465 e. The van der Waals surface area contributed by atoms with E-state index in [-0.39, 0.29) is 35.4 Å². The van der Waals surface area contributed by atoms with E-state index < -0.39 is 17.8 Å². The minimum atomic E-state index is -1.06. The molecule has 0 spiro atoms. The van der Waals surface area contributed by atoms with Crippen LogP contribution < -0.4 is 21.3 Å². The number of benzene rings is 1. The monoisotopic (exact) mass is 524 g/mol. The van der Waals surface area contributed by atoms with Gasteiger partial charge in [0.05, 0.1) is 11.8 Å². The highest BCUT2D eigenvalue weighted by Gasteiger charge is 2.35. The Morgan fingerprint density at radius 2 is 1.63 bits per heavy atom. The van der Waals surface area contributed by atoms with Crippen molar-refractivity contribution in [3.05, 3.63) is 53.5 Å². The first-order valence-corrected chi connectivity index (χ1v) is 13.2. The largest absolute Gasteiger partial charge is 0.465 e. The number of anilines is 2. The van der Waals surface area contributed by atoms with Gasteiger partial charge in [0.25, 0.3) is 11.8 Å².